The molecule has 6 aromatic rings. The second kappa shape index (κ2) is 11.5. The molecule has 3 aromatic heterocycles. The van der Waals surface area contributed by atoms with Crippen molar-refractivity contribution in [2.45, 2.75) is 46.3 Å². The average Bonchev–Trinajstić information content (AvgIpc) is 3.70. The molecule has 0 amide bonds. The van der Waals surface area contributed by atoms with Crippen LogP contribution in [0.2, 0.25) is 5.02 Å². The zero-order valence-electron chi connectivity index (χ0n) is 24.8. The summed E-state index contributed by atoms with van der Waals surface area (Å²) in [5.74, 6) is -0.421. The van der Waals surface area contributed by atoms with Gasteiger partial charge in [0.15, 0.2) is 16.1 Å². The standard InChI is InChI=1S/C33H31ClN4O3S2/c1-7-40-32(39)28(41-33(3,4)5)26-18(2)14-23-29(27(26)19-8-11-22(34)12-9-19)43-31(36-23)30-37-24(17-42-30)20-10-13-25-21(15-20)16-35-38(25)6/h8-17,28H,7H2,1-6H3/t28-/m0/s1. The van der Waals surface area contributed by atoms with Gasteiger partial charge in [-0.05, 0) is 76.1 Å². The van der Waals surface area contributed by atoms with Crippen LogP contribution in [0, 0.1) is 6.92 Å². The van der Waals surface area contributed by atoms with Gasteiger partial charge in [-0.15, -0.1) is 22.7 Å². The number of nitrogens with zero attached hydrogens (tertiary/aromatic N) is 4. The van der Waals surface area contributed by atoms with E-state index in [9.17, 15) is 4.79 Å². The molecule has 0 saturated carbocycles. The van der Waals surface area contributed by atoms with E-state index in [-0.39, 0.29) is 6.61 Å². The lowest BCUT2D eigenvalue weighted by Gasteiger charge is -2.29. The zero-order valence-corrected chi connectivity index (χ0v) is 27.2. The smallest absolute Gasteiger partial charge is 0.339 e. The summed E-state index contributed by atoms with van der Waals surface area (Å²) in [5.41, 5.74) is 6.69. The number of benzene rings is 3. The number of aromatic nitrogens is 4. The third-order valence-electron chi connectivity index (χ3n) is 7.02. The lowest BCUT2D eigenvalue weighted by Crippen LogP contribution is -2.29. The maximum absolute atomic E-state index is 13.4. The van der Waals surface area contributed by atoms with Crippen molar-refractivity contribution in [2.24, 2.45) is 7.05 Å². The molecule has 0 spiro atoms. The minimum atomic E-state index is -0.922. The number of rotatable bonds is 7. The van der Waals surface area contributed by atoms with Crippen molar-refractivity contribution >= 4 is 61.4 Å². The first kappa shape index (κ1) is 29.4. The van der Waals surface area contributed by atoms with E-state index >= 15 is 0 Å². The summed E-state index contributed by atoms with van der Waals surface area (Å²) < 4.78 is 14.7. The summed E-state index contributed by atoms with van der Waals surface area (Å²) in [6, 6.07) is 15.9. The van der Waals surface area contributed by atoms with Crippen LogP contribution in [0.15, 0.2) is 60.1 Å². The number of carbonyl (C=O) groups is 1. The Kier molecular flexibility index (Phi) is 7.85. The summed E-state index contributed by atoms with van der Waals surface area (Å²) in [7, 11) is 1.94. The first-order valence-corrected chi connectivity index (χ1v) is 16.0. The van der Waals surface area contributed by atoms with E-state index < -0.39 is 17.7 Å². The molecule has 6 rings (SSSR count). The third-order valence-corrected chi connectivity index (χ3v) is 9.35. The van der Waals surface area contributed by atoms with Crippen molar-refractivity contribution < 1.29 is 14.3 Å². The molecule has 220 valence electrons. The summed E-state index contributed by atoms with van der Waals surface area (Å²) >= 11 is 9.40. The largest absolute Gasteiger partial charge is 0.464 e. The average molecular weight is 631 g/mol. The van der Waals surface area contributed by atoms with Crippen molar-refractivity contribution in [1.82, 2.24) is 19.7 Å². The van der Waals surface area contributed by atoms with Crippen LogP contribution in [0.3, 0.4) is 0 Å². The number of esters is 1. The van der Waals surface area contributed by atoms with E-state index in [0.717, 1.165) is 64.6 Å². The van der Waals surface area contributed by atoms with Gasteiger partial charge in [0.2, 0.25) is 0 Å². The molecule has 0 fully saturated rings. The molecule has 0 aliphatic rings. The van der Waals surface area contributed by atoms with Gasteiger partial charge in [-0.3, -0.25) is 4.68 Å². The molecular weight excluding hydrogens is 600 g/mol. The molecule has 0 aliphatic heterocycles. The Labute approximate surface area is 263 Å². The summed E-state index contributed by atoms with van der Waals surface area (Å²) in [5, 5.41) is 9.76. The number of aryl methyl sites for hydroxylation is 2. The summed E-state index contributed by atoms with van der Waals surface area (Å²) in [4.78, 5) is 23.4. The number of halogens is 1. The fourth-order valence-electron chi connectivity index (χ4n) is 5.17. The van der Waals surface area contributed by atoms with Gasteiger partial charge in [-0.1, -0.05) is 29.8 Å². The Morgan fingerprint density at radius 1 is 1.05 bits per heavy atom. The second-order valence-corrected chi connectivity index (χ2v) is 13.6. The highest BCUT2D eigenvalue weighted by atomic mass is 35.5. The van der Waals surface area contributed by atoms with E-state index in [4.69, 9.17) is 31.0 Å². The fraction of sp³-hybridized carbons (Fsp3) is 0.273. The van der Waals surface area contributed by atoms with Crippen LogP contribution in [0.1, 0.15) is 44.9 Å². The maximum Gasteiger partial charge on any atom is 0.339 e. The minimum absolute atomic E-state index is 0.255. The molecule has 3 heterocycles. The molecule has 0 aliphatic carbocycles. The van der Waals surface area contributed by atoms with E-state index in [1.165, 1.54) is 0 Å². The lowest BCUT2D eigenvalue weighted by atomic mass is 9.91. The van der Waals surface area contributed by atoms with Crippen molar-refractivity contribution in [3.05, 3.63) is 76.3 Å². The lowest BCUT2D eigenvalue weighted by molar-refractivity contribution is -0.166. The van der Waals surface area contributed by atoms with Crippen molar-refractivity contribution in [3.8, 4) is 32.4 Å². The Morgan fingerprint density at radius 2 is 1.79 bits per heavy atom. The van der Waals surface area contributed by atoms with E-state index in [1.54, 1.807) is 29.6 Å². The third kappa shape index (κ3) is 5.82. The van der Waals surface area contributed by atoms with Crippen LogP contribution in [-0.2, 0) is 21.3 Å². The quantitative estimate of drug-likeness (QED) is 0.164. The van der Waals surface area contributed by atoms with Crippen molar-refractivity contribution in [1.29, 1.82) is 0 Å². The van der Waals surface area contributed by atoms with Gasteiger partial charge in [-0.25, -0.2) is 14.8 Å². The van der Waals surface area contributed by atoms with Crippen LogP contribution >= 0.6 is 34.3 Å². The molecule has 0 N–H and O–H groups in total. The number of hydrogen-bond acceptors (Lipinski definition) is 8. The second-order valence-electron chi connectivity index (χ2n) is 11.3. The van der Waals surface area contributed by atoms with Crippen LogP contribution in [-0.4, -0.2) is 37.9 Å². The van der Waals surface area contributed by atoms with Crippen LogP contribution < -0.4 is 0 Å². The molecule has 43 heavy (non-hydrogen) atoms. The van der Waals surface area contributed by atoms with Gasteiger partial charge in [0, 0.05) is 39.5 Å². The van der Waals surface area contributed by atoms with Crippen LogP contribution in [0.4, 0.5) is 0 Å². The van der Waals surface area contributed by atoms with Gasteiger partial charge in [0.25, 0.3) is 0 Å². The van der Waals surface area contributed by atoms with Crippen LogP contribution in [0.25, 0.3) is 53.5 Å². The highest BCUT2D eigenvalue weighted by Crippen LogP contribution is 2.45. The fourth-order valence-corrected chi connectivity index (χ4v) is 7.28. The Morgan fingerprint density at radius 3 is 2.51 bits per heavy atom. The molecule has 3 aromatic carbocycles. The van der Waals surface area contributed by atoms with Gasteiger partial charge in [0.05, 0.1) is 39.8 Å². The molecular formula is C33H31ClN4O3S2. The SMILES string of the molecule is CCOC(=O)[C@@H](OC(C)(C)C)c1c(C)cc2nc(-c3nc(-c4ccc5c(cnn5C)c4)cs3)sc2c1-c1ccc(Cl)cc1. The number of fused-ring (bicyclic) bond motifs is 2. The molecule has 7 nitrogen and oxygen atoms in total. The van der Waals surface area contributed by atoms with E-state index in [1.807, 2.05) is 76.0 Å². The van der Waals surface area contributed by atoms with Crippen molar-refractivity contribution in [3.63, 3.8) is 0 Å². The highest BCUT2D eigenvalue weighted by Gasteiger charge is 2.33. The topological polar surface area (TPSA) is 79.1 Å². The van der Waals surface area contributed by atoms with Crippen molar-refractivity contribution in [2.75, 3.05) is 6.61 Å². The Bertz CT molecular complexity index is 1970. The number of ether oxygens (including phenoxy) is 2. The predicted molar refractivity (Wildman–Crippen MR) is 176 cm³/mol. The monoisotopic (exact) mass is 630 g/mol. The normalized spacial score (nSPS) is 12.7. The van der Waals surface area contributed by atoms with Gasteiger partial charge in [-0.2, -0.15) is 5.10 Å². The van der Waals surface area contributed by atoms with Gasteiger partial charge >= 0.3 is 5.97 Å². The van der Waals surface area contributed by atoms with Gasteiger partial charge in [0.1, 0.15) is 0 Å². The molecule has 0 unspecified atom stereocenters. The first-order chi connectivity index (χ1) is 20.5. The summed E-state index contributed by atoms with van der Waals surface area (Å²) in [6.07, 6.45) is 0.944. The molecule has 0 bridgehead atoms. The van der Waals surface area contributed by atoms with Gasteiger partial charge < -0.3 is 9.47 Å². The molecule has 0 radical (unpaired) electrons. The maximum atomic E-state index is 13.4. The highest BCUT2D eigenvalue weighted by molar-refractivity contribution is 7.25. The minimum Gasteiger partial charge on any atom is -0.464 e. The van der Waals surface area contributed by atoms with Crippen LogP contribution in [0.5, 0.6) is 0 Å². The first-order valence-electron chi connectivity index (χ1n) is 13.9. The number of carbonyl (C=O) groups excluding carboxylic acids is 1. The molecule has 0 saturated heterocycles. The molecule has 1 atom stereocenters. The summed E-state index contributed by atoms with van der Waals surface area (Å²) in [6.45, 7) is 9.85. The van der Waals surface area contributed by atoms with E-state index in [2.05, 4.69) is 28.7 Å². The molecule has 10 heteroatoms. The zero-order chi connectivity index (χ0) is 30.5. The van der Waals surface area contributed by atoms with E-state index in [0.29, 0.717) is 5.02 Å². The number of hydrogen-bond donors (Lipinski definition) is 0. The number of thiazole rings is 2. The Balaban J connectivity index is 1.51. The Hall–Kier alpha value is -3.63. The predicted octanol–water partition coefficient (Wildman–Crippen LogP) is 9.02.